The summed E-state index contributed by atoms with van der Waals surface area (Å²) in [6, 6.07) is 14.4. The van der Waals surface area contributed by atoms with Crippen molar-refractivity contribution in [2.45, 2.75) is 26.8 Å². The summed E-state index contributed by atoms with van der Waals surface area (Å²) in [5.74, 6) is 0.888. The molecule has 0 radical (unpaired) electrons. The van der Waals surface area contributed by atoms with Crippen molar-refractivity contribution in [3.05, 3.63) is 59.2 Å². The van der Waals surface area contributed by atoms with Crippen LogP contribution >= 0.6 is 12.2 Å². The van der Waals surface area contributed by atoms with E-state index in [4.69, 9.17) is 17.0 Å². The molecule has 0 unspecified atom stereocenters. The van der Waals surface area contributed by atoms with E-state index in [1.54, 1.807) is 7.11 Å². The summed E-state index contributed by atoms with van der Waals surface area (Å²) < 4.78 is 5.45. The molecule has 0 bridgehead atoms. The van der Waals surface area contributed by atoms with Crippen LogP contribution in [0.1, 0.15) is 23.6 Å². The van der Waals surface area contributed by atoms with Gasteiger partial charge >= 0.3 is 0 Å². The Hall–Kier alpha value is -2.07. The summed E-state index contributed by atoms with van der Waals surface area (Å²) in [4.78, 5) is 2.03. The lowest BCUT2D eigenvalue weighted by atomic mass is 10.1. The van der Waals surface area contributed by atoms with E-state index in [1.807, 2.05) is 30.1 Å². The summed E-state index contributed by atoms with van der Waals surface area (Å²) in [7, 11) is 3.69. The maximum absolute atomic E-state index is 5.55. The molecular formula is C19H24N2OS. The van der Waals surface area contributed by atoms with Crippen molar-refractivity contribution in [2.75, 3.05) is 19.5 Å². The summed E-state index contributed by atoms with van der Waals surface area (Å²) in [6.45, 7) is 4.92. The van der Waals surface area contributed by atoms with Gasteiger partial charge in [-0.3, -0.25) is 0 Å². The summed E-state index contributed by atoms with van der Waals surface area (Å²) >= 11 is 5.55. The third-order valence-corrected chi connectivity index (χ3v) is 4.24. The molecule has 0 aromatic heterocycles. The van der Waals surface area contributed by atoms with Crippen LogP contribution < -0.4 is 10.1 Å². The van der Waals surface area contributed by atoms with Gasteiger partial charge in [-0.1, -0.05) is 42.8 Å². The van der Waals surface area contributed by atoms with Gasteiger partial charge in [-0.05, 0) is 43.3 Å². The number of rotatable bonds is 5. The Balaban J connectivity index is 2.10. The van der Waals surface area contributed by atoms with Crippen LogP contribution in [0.3, 0.4) is 0 Å². The van der Waals surface area contributed by atoms with Gasteiger partial charge in [0.1, 0.15) is 5.75 Å². The quantitative estimate of drug-likeness (QED) is 0.823. The van der Waals surface area contributed by atoms with Crippen molar-refractivity contribution in [3.8, 4) is 5.75 Å². The second kappa shape index (κ2) is 7.97. The molecule has 3 nitrogen and oxygen atoms in total. The molecule has 0 saturated heterocycles. The number of nitrogens with one attached hydrogen (secondary N) is 1. The van der Waals surface area contributed by atoms with Gasteiger partial charge in [0.15, 0.2) is 5.11 Å². The topological polar surface area (TPSA) is 24.5 Å². The van der Waals surface area contributed by atoms with Crippen molar-refractivity contribution in [1.29, 1.82) is 0 Å². The van der Waals surface area contributed by atoms with E-state index in [0.29, 0.717) is 11.7 Å². The minimum absolute atomic E-state index is 0.699. The number of anilines is 1. The van der Waals surface area contributed by atoms with Gasteiger partial charge in [0, 0.05) is 24.8 Å². The van der Waals surface area contributed by atoms with E-state index in [2.05, 4.69) is 43.4 Å². The first-order valence-electron chi connectivity index (χ1n) is 7.78. The van der Waals surface area contributed by atoms with Gasteiger partial charge in [-0.25, -0.2) is 0 Å². The van der Waals surface area contributed by atoms with E-state index in [1.165, 1.54) is 11.1 Å². The smallest absolute Gasteiger partial charge is 0.173 e. The van der Waals surface area contributed by atoms with Crippen LogP contribution in [0.5, 0.6) is 5.75 Å². The van der Waals surface area contributed by atoms with Gasteiger partial charge in [0.2, 0.25) is 0 Å². The summed E-state index contributed by atoms with van der Waals surface area (Å²) in [6.07, 6.45) is 0.973. The van der Waals surface area contributed by atoms with Crippen molar-refractivity contribution in [3.63, 3.8) is 0 Å². The Bertz CT molecular complexity index is 685. The number of aryl methyl sites for hydroxylation is 2. The van der Waals surface area contributed by atoms with Crippen molar-refractivity contribution < 1.29 is 4.74 Å². The van der Waals surface area contributed by atoms with Gasteiger partial charge in [-0.15, -0.1) is 0 Å². The second-order valence-electron chi connectivity index (χ2n) is 5.61. The monoisotopic (exact) mass is 328 g/mol. The highest BCUT2D eigenvalue weighted by atomic mass is 32.1. The van der Waals surface area contributed by atoms with Crippen LogP contribution in [0.2, 0.25) is 0 Å². The number of benzene rings is 2. The Kier molecular flexibility index (Phi) is 5.99. The van der Waals surface area contributed by atoms with E-state index < -0.39 is 0 Å². The number of hydrogen-bond donors (Lipinski definition) is 1. The van der Waals surface area contributed by atoms with Crippen LogP contribution in [0, 0.1) is 6.92 Å². The maximum atomic E-state index is 5.55. The first-order chi connectivity index (χ1) is 11.0. The number of nitrogens with zero attached hydrogens (tertiary/aromatic N) is 1. The van der Waals surface area contributed by atoms with Crippen molar-refractivity contribution in [2.24, 2.45) is 0 Å². The third kappa shape index (κ3) is 4.45. The molecule has 4 heteroatoms. The molecule has 0 aliphatic rings. The standard InChI is InChI=1S/C19H24N2OS/c1-5-15-8-6-7-9-17(15)20-19(23)21(3)13-16-12-14(2)10-11-18(16)22-4/h6-12H,5,13H2,1-4H3,(H,20,23). The molecule has 0 amide bonds. The number of methoxy groups -OCH3 is 1. The van der Waals surface area contributed by atoms with Crippen LogP contribution in [0.4, 0.5) is 5.69 Å². The minimum Gasteiger partial charge on any atom is -0.496 e. The molecule has 0 heterocycles. The molecule has 0 saturated carbocycles. The highest BCUT2D eigenvalue weighted by Crippen LogP contribution is 2.22. The number of hydrogen-bond acceptors (Lipinski definition) is 2. The second-order valence-corrected chi connectivity index (χ2v) is 6.00. The lowest BCUT2D eigenvalue weighted by Crippen LogP contribution is -2.31. The molecule has 2 aromatic carbocycles. The molecular weight excluding hydrogens is 304 g/mol. The molecule has 0 aliphatic heterocycles. The highest BCUT2D eigenvalue weighted by Gasteiger charge is 2.11. The predicted molar refractivity (Wildman–Crippen MR) is 101 cm³/mol. The van der Waals surface area contributed by atoms with E-state index in [-0.39, 0.29) is 0 Å². The zero-order chi connectivity index (χ0) is 16.8. The van der Waals surface area contributed by atoms with Crippen LogP contribution in [-0.2, 0) is 13.0 Å². The summed E-state index contributed by atoms with van der Waals surface area (Å²) in [5.41, 5.74) is 4.67. The molecule has 0 atom stereocenters. The molecule has 0 aliphatic carbocycles. The van der Waals surface area contributed by atoms with Gasteiger partial charge < -0.3 is 15.0 Å². The Morgan fingerprint density at radius 1 is 1.17 bits per heavy atom. The predicted octanol–water partition coefficient (Wildman–Crippen LogP) is 4.39. The lowest BCUT2D eigenvalue weighted by molar-refractivity contribution is 0.399. The molecule has 0 fully saturated rings. The lowest BCUT2D eigenvalue weighted by Gasteiger charge is -2.23. The van der Waals surface area contributed by atoms with Crippen molar-refractivity contribution in [1.82, 2.24) is 4.90 Å². The van der Waals surface area contributed by atoms with Gasteiger partial charge in [-0.2, -0.15) is 0 Å². The summed E-state index contributed by atoms with van der Waals surface area (Å²) in [5, 5.41) is 4.05. The average molecular weight is 328 g/mol. The van der Waals surface area contributed by atoms with E-state index in [0.717, 1.165) is 23.4 Å². The molecule has 122 valence electrons. The van der Waals surface area contributed by atoms with E-state index >= 15 is 0 Å². The van der Waals surface area contributed by atoms with Crippen LogP contribution in [0.15, 0.2) is 42.5 Å². The fourth-order valence-electron chi connectivity index (χ4n) is 2.52. The van der Waals surface area contributed by atoms with E-state index in [9.17, 15) is 0 Å². The fraction of sp³-hybridized carbons (Fsp3) is 0.316. The highest BCUT2D eigenvalue weighted by molar-refractivity contribution is 7.80. The Labute approximate surface area is 144 Å². The molecule has 23 heavy (non-hydrogen) atoms. The first kappa shape index (κ1) is 17.3. The first-order valence-corrected chi connectivity index (χ1v) is 8.19. The zero-order valence-corrected chi connectivity index (χ0v) is 15.0. The van der Waals surface area contributed by atoms with Crippen LogP contribution in [-0.4, -0.2) is 24.2 Å². The fourth-order valence-corrected chi connectivity index (χ4v) is 2.69. The molecule has 0 spiro atoms. The maximum Gasteiger partial charge on any atom is 0.173 e. The van der Waals surface area contributed by atoms with Gasteiger partial charge in [0.05, 0.1) is 7.11 Å². The van der Waals surface area contributed by atoms with Crippen molar-refractivity contribution >= 4 is 23.0 Å². The molecule has 2 aromatic rings. The van der Waals surface area contributed by atoms with Gasteiger partial charge in [0.25, 0.3) is 0 Å². The average Bonchev–Trinajstić information content (AvgIpc) is 2.55. The molecule has 1 N–H and O–H groups in total. The van der Waals surface area contributed by atoms with Crippen LogP contribution in [0.25, 0.3) is 0 Å². The Morgan fingerprint density at radius 2 is 1.91 bits per heavy atom. The minimum atomic E-state index is 0.699. The Morgan fingerprint density at radius 3 is 2.61 bits per heavy atom. The number of ether oxygens (including phenoxy) is 1. The normalized spacial score (nSPS) is 10.3. The number of thiocarbonyl (C=S) groups is 1. The number of para-hydroxylation sites is 1. The zero-order valence-electron chi connectivity index (χ0n) is 14.2. The third-order valence-electron chi connectivity index (χ3n) is 3.83. The SMILES string of the molecule is CCc1ccccc1NC(=S)N(C)Cc1cc(C)ccc1OC. The molecule has 2 rings (SSSR count). The largest absolute Gasteiger partial charge is 0.496 e.